The van der Waals surface area contributed by atoms with Crippen LogP contribution in [0.4, 0.5) is 0 Å². The first-order chi connectivity index (χ1) is 11.7. The summed E-state index contributed by atoms with van der Waals surface area (Å²) in [7, 11) is 0. The van der Waals surface area contributed by atoms with Crippen molar-refractivity contribution in [3.05, 3.63) is 35.9 Å². The van der Waals surface area contributed by atoms with E-state index in [9.17, 15) is 4.79 Å². The van der Waals surface area contributed by atoms with Crippen molar-refractivity contribution in [1.82, 2.24) is 15.1 Å². The molecule has 1 aromatic rings. The summed E-state index contributed by atoms with van der Waals surface area (Å²) in [6.07, 6.45) is 0.609. The van der Waals surface area contributed by atoms with Gasteiger partial charge in [0.15, 0.2) is 0 Å². The number of rotatable bonds is 9. The van der Waals surface area contributed by atoms with Crippen molar-refractivity contribution in [2.24, 2.45) is 0 Å². The minimum Gasteiger partial charge on any atom is -0.337 e. The van der Waals surface area contributed by atoms with Crippen LogP contribution in [-0.2, 0) is 11.3 Å². The second kappa shape index (κ2) is 14.6. The predicted octanol–water partition coefficient (Wildman–Crippen LogP) is 3.30. The van der Waals surface area contributed by atoms with E-state index in [1.807, 2.05) is 34.9 Å². The topological polar surface area (TPSA) is 35.6 Å². The summed E-state index contributed by atoms with van der Waals surface area (Å²) < 4.78 is 0. The zero-order valence-corrected chi connectivity index (χ0v) is 18.3. The Balaban J connectivity index is 0.00000312. The van der Waals surface area contributed by atoms with Gasteiger partial charge in [0.1, 0.15) is 0 Å². The largest absolute Gasteiger partial charge is 0.337 e. The fraction of sp³-hybridized carbons (Fsp3) is 0.632. The fourth-order valence-electron chi connectivity index (χ4n) is 2.99. The number of thioether (sulfide) groups is 1. The van der Waals surface area contributed by atoms with E-state index in [-0.39, 0.29) is 30.7 Å². The highest BCUT2D eigenvalue weighted by Crippen LogP contribution is 2.13. The van der Waals surface area contributed by atoms with E-state index < -0.39 is 0 Å². The number of hydrogen-bond acceptors (Lipinski definition) is 4. The molecule has 26 heavy (non-hydrogen) atoms. The zero-order valence-electron chi connectivity index (χ0n) is 15.9. The molecule has 1 aliphatic heterocycles. The molecule has 0 bridgehead atoms. The van der Waals surface area contributed by atoms with Gasteiger partial charge >= 0.3 is 0 Å². The van der Waals surface area contributed by atoms with Crippen molar-refractivity contribution < 1.29 is 4.79 Å². The summed E-state index contributed by atoms with van der Waals surface area (Å²) in [5.41, 5.74) is 1.20. The Labute approximate surface area is 175 Å². The lowest BCUT2D eigenvalue weighted by atomic mass is 10.1. The van der Waals surface area contributed by atoms with Crippen LogP contribution in [0.25, 0.3) is 0 Å². The first-order valence-electron chi connectivity index (χ1n) is 9.08. The molecule has 150 valence electrons. The van der Waals surface area contributed by atoms with E-state index in [1.54, 1.807) is 0 Å². The number of halogens is 2. The number of benzene rings is 1. The summed E-state index contributed by atoms with van der Waals surface area (Å²) in [6.45, 7) is 9.89. The normalized spacial score (nSPS) is 16.5. The van der Waals surface area contributed by atoms with Gasteiger partial charge in [-0.2, -0.15) is 11.8 Å². The van der Waals surface area contributed by atoms with Gasteiger partial charge in [0.2, 0.25) is 5.91 Å². The predicted molar refractivity (Wildman–Crippen MR) is 118 cm³/mol. The maximum absolute atomic E-state index is 12.9. The van der Waals surface area contributed by atoms with Crippen LogP contribution in [0.3, 0.4) is 0 Å². The maximum Gasteiger partial charge on any atom is 0.224 e. The number of likely N-dealkylation sites (N-methyl/N-ethyl adjacent to an activating group) is 1. The standard InChI is InChI=1S/C19H31N3OS.2ClH/c1-3-21(4-2)11-12-22(15-17-8-6-5-7-9-17)19(23)14-18-16-24-13-10-20-18;;/h5-9,18,20H,3-4,10-16H2,1-2H3;2*1H. The van der Waals surface area contributed by atoms with E-state index in [1.165, 1.54) is 5.56 Å². The summed E-state index contributed by atoms with van der Waals surface area (Å²) in [6, 6.07) is 10.6. The summed E-state index contributed by atoms with van der Waals surface area (Å²) in [5.74, 6) is 2.47. The van der Waals surface area contributed by atoms with E-state index in [0.717, 1.165) is 44.2 Å². The van der Waals surface area contributed by atoms with Crippen LogP contribution in [0.1, 0.15) is 25.8 Å². The van der Waals surface area contributed by atoms with Gasteiger partial charge in [0.05, 0.1) is 0 Å². The molecule has 0 aromatic heterocycles. The Morgan fingerprint density at radius 2 is 1.85 bits per heavy atom. The number of nitrogens with one attached hydrogen (secondary N) is 1. The minimum absolute atomic E-state index is 0. The SMILES string of the molecule is CCN(CC)CCN(Cc1ccccc1)C(=O)CC1CSCCN1.Cl.Cl. The molecule has 1 aromatic carbocycles. The third kappa shape index (κ3) is 8.96. The monoisotopic (exact) mass is 421 g/mol. The number of amides is 1. The van der Waals surface area contributed by atoms with Gasteiger partial charge in [-0.05, 0) is 18.7 Å². The Hall–Kier alpha value is -0.460. The Kier molecular flexibility index (Phi) is 14.3. The number of carbonyl (C=O) groups is 1. The molecule has 0 spiro atoms. The van der Waals surface area contributed by atoms with E-state index in [4.69, 9.17) is 0 Å². The minimum atomic E-state index is 0. The zero-order chi connectivity index (χ0) is 17.2. The summed E-state index contributed by atoms with van der Waals surface area (Å²) in [5, 5.41) is 3.48. The molecule has 1 unspecified atom stereocenters. The van der Waals surface area contributed by atoms with Crippen LogP contribution in [0, 0.1) is 0 Å². The molecule has 4 nitrogen and oxygen atoms in total. The molecule has 1 aliphatic rings. The van der Waals surface area contributed by atoms with Crippen LogP contribution < -0.4 is 5.32 Å². The quantitative estimate of drug-likeness (QED) is 0.663. The molecule has 0 aliphatic carbocycles. The molecule has 1 saturated heterocycles. The second-order valence-corrected chi connectivity index (χ2v) is 7.41. The van der Waals surface area contributed by atoms with Crippen LogP contribution in [0.15, 0.2) is 30.3 Å². The molecule has 0 radical (unpaired) electrons. The lowest BCUT2D eigenvalue weighted by Gasteiger charge is -2.29. The van der Waals surface area contributed by atoms with Gasteiger partial charge in [-0.3, -0.25) is 4.79 Å². The molecule has 1 fully saturated rings. The third-order valence-electron chi connectivity index (χ3n) is 4.57. The number of hydrogen-bond donors (Lipinski definition) is 1. The van der Waals surface area contributed by atoms with Crippen molar-refractivity contribution >= 4 is 42.5 Å². The Morgan fingerprint density at radius 1 is 1.15 bits per heavy atom. The molecule has 1 amide bonds. The fourth-order valence-corrected chi connectivity index (χ4v) is 3.94. The van der Waals surface area contributed by atoms with Crippen molar-refractivity contribution in [1.29, 1.82) is 0 Å². The first kappa shape index (κ1) is 25.5. The van der Waals surface area contributed by atoms with Crippen LogP contribution >= 0.6 is 36.6 Å². The highest BCUT2D eigenvalue weighted by atomic mass is 35.5. The van der Waals surface area contributed by atoms with Crippen molar-refractivity contribution in [2.75, 3.05) is 44.2 Å². The summed E-state index contributed by atoms with van der Waals surface area (Å²) >= 11 is 1.94. The van der Waals surface area contributed by atoms with E-state index in [0.29, 0.717) is 19.0 Å². The van der Waals surface area contributed by atoms with E-state index >= 15 is 0 Å². The Bertz CT molecular complexity index is 483. The highest BCUT2D eigenvalue weighted by Gasteiger charge is 2.21. The van der Waals surface area contributed by atoms with Gasteiger partial charge < -0.3 is 15.1 Å². The molecule has 2 rings (SSSR count). The van der Waals surface area contributed by atoms with E-state index in [2.05, 4.69) is 36.2 Å². The maximum atomic E-state index is 12.9. The lowest BCUT2D eigenvalue weighted by molar-refractivity contribution is -0.132. The average molecular weight is 422 g/mol. The van der Waals surface area contributed by atoms with Crippen molar-refractivity contribution in [2.45, 2.75) is 32.9 Å². The first-order valence-corrected chi connectivity index (χ1v) is 10.2. The van der Waals surface area contributed by atoms with Crippen LogP contribution in [-0.4, -0.2) is 66.0 Å². The highest BCUT2D eigenvalue weighted by molar-refractivity contribution is 7.99. The van der Waals surface area contributed by atoms with Gasteiger partial charge in [0.25, 0.3) is 0 Å². The molecular weight excluding hydrogens is 389 g/mol. The van der Waals surface area contributed by atoms with Gasteiger partial charge in [0, 0.05) is 50.1 Å². The smallest absolute Gasteiger partial charge is 0.224 e. The molecule has 0 saturated carbocycles. The van der Waals surface area contributed by atoms with Gasteiger partial charge in [-0.15, -0.1) is 24.8 Å². The lowest BCUT2D eigenvalue weighted by Crippen LogP contribution is -2.44. The van der Waals surface area contributed by atoms with Crippen LogP contribution in [0.2, 0.25) is 0 Å². The molecule has 1 heterocycles. The average Bonchev–Trinajstić information content (AvgIpc) is 2.63. The Morgan fingerprint density at radius 3 is 2.42 bits per heavy atom. The van der Waals surface area contributed by atoms with Gasteiger partial charge in [-0.1, -0.05) is 44.2 Å². The molecular formula is C19H33Cl2N3OS. The second-order valence-electron chi connectivity index (χ2n) is 6.26. The van der Waals surface area contributed by atoms with Gasteiger partial charge in [-0.25, -0.2) is 0 Å². The number of nitrogens with zero attached hydrogens (tertiary/aromatic N) is 2. The summed E-state index contributed by atoms with van der Waals surface area (Å²) in [4.78, 5) is 17.3. The van der Waals surface area contributed by atoms with Crippen LogP contribution in [0.5, 0.6) is 0 Å². The third-order valence-corrected chi connectivity index (χ3v) is 5.70. The molecule has 7 heteroatoms. The molecule has 1 N–H and O–H groups in total. The van der Waals surface area contributed by atoms with Crippen molar-refractivity contribution in [3.8, 4) is 0 Å². The van der Waals surface area contributed by atoms with Crippen molar-refractivity contribution in [3.63, 3.8) is 0 Å². The molecule has 1 atom stereocenters. The number of carbonyl (C=O) groups excluding carboxylic acids is 1.